The van der Waals surface area contributed by atoms with Gasteiger partial charge in [-0.2, -0.15) is 10.1 Å². The first kappa shape index (κ1) is 29.1. The van der Waals surface area contributed by atoms with E-state index in [0.717, 1.165) is 49.5 Å². The fourth-order valence-corrected chi connectivity index (χ4v) is 11.1. The standard InChI is InChI=1S/C43H28ClN3O4/c44-30-19-9-10-20-31(30)46-39(48)37-34-26-15-5-7-17-28(26)43(38(37)42(46)51,29-18-8-6-16-27(29)34)21-45-47-40(49)35-32-22-11-1-2-12-23(22)33(36(35)41(47)50)25-14-4-3-13-24(25)32/h1-21,32-38H/b45-21+. The van der Waals surface area contributed by atoms with E-state index in [4.69, 9.17) is 16.7 Å². The number of carbonyl (C=O) groups is 4. The minimum atomic E-state index is -1.24. The Balaban J connectivity index is 1.09. The SMILES string of the molecule is O=C1C2C3c4ccccc4C(c4ccccc43)C2C(=O)N1/N=C/C12c3ccccc3C(c3ccccc31)C1C(=O)N(c3ccccc3Cl)C(=O)C12. The van der Waals surface area contributed by atoms with Crippen molar-refractivity contribution in [2.75, 3.05) is 4.90 Å². The molecule has 51 heavy (non-hydrogen) atoms. The first-order chi connectivity index (χ1) is 24.9. The highest BCUT2D eigenvalue weighted by molar-refractivity contribution is 6.36. The van der Waals surface area contributed by atoms with Crippen LogP contribution in [0.15, 0.2) is 126 Å². The van der Waals surface area contributed by atoms with Crippen molar-refractivity contribution < 1.29 is 19.2 Å². The van der Waals surface area contributed by atoms with E-state index in [1.807, 2.05) is 72.8 Å². The number of imide groups is 2. The lowest BCUT2D eigenvalue weighted by Crippen LogP contribution is -2.55. The Morgan fingerprint density at radius 3 is 1.45 bits per heavy atom. The molecule has 5 aromatic rings. The van der Waals surface area contributed by atoms with Gasteiger partial charge in [0.15, 0.2) is 0 Å². The van der Waals surface area contributed by atoms with Crippen LogP contribution in [0.25, 0.3) is 0 Å². The van der Waals surface area contributed by atoms with Crippen LogP contribution >= 0.6 is 11.6 Å². The highest BCUT2D eigenvalue weighted by atomic mass is 35.5. The Morgan fingerprint density at radius 2 is 0.941 bits per heavy atom. The van der Waals surface area contributed by atoms with Crippen molar-refractivity contribution >= 4 is 47.1 Å². The molecule has 4 unspecified atom stereocenters. The fourth-order valence-electron chi connectivity index (χ4n) is 10.8. The van der Waals surface area contributed by atoms with Gasteiger partial charge < -0.3 is 0 Å². The van der Waals surface area contributed by atoms with Gasteiger partial charge in [-0.05, 0) is 56.6 Å². The number of amides is 4. The molecule has 0 saturated carbocycles. The monoisotopic (exact) mass is 685 g/mol. The number of benzene rings is 5. The summed E-state index contributed by atoms with van der Waals surface area (Å²) in [6, 6.07) is 38.8. The van der Waals surface area contributed by atoms with Crippen LogP contribution in [0.1, 0.15) is 62.3 Å². The molecule has 2 fully saturated rings. The molecule has 4 atom stereocenters. The largest absolute Gasteiger partial charge is 0.274 e. The molecule has 5 aromatic carbocycles. The number of para-hydroxylation sites is 1. The summed E-state index contributed by atoms with van der Waals surface area (Å²) in [6.07, 6.45) is 1.63. The van der Waals surface area contributed by atoms with Gasteiger partial charge >= 0.3 is 0 Å². The number of hydrogen-bond donors (Lipinski definition) is 0. The van der Waals surface area contributed by atoms with Gasteiger partial charge in [0, 0.05) is 24.0 Å². The molecule has 4 bridgehead atoms. The van der Waals surface area contributed by atoms with Crippen LogP contribution < -0.4 is 4.90 Å². The maximum Gasteiger partial charge on any atom is 0.254 e. The zero-order valence-corrected chi connectivity index (χ0v) is 27.8. The van der Waals surface area contributed by atoms with Crippen molar-refractivity contribution in [1.82, 2.24) is 5.01 Å². The van der Waals surface area contributed by atoms with Gasteiger partial charge in [-0.15, -0.1) is 0 Å². The lowest BCUT2D eigenvalue weighted by atomic mass is 9.47. The minimum absolute atomic E-state index is 0.267. The van der Waals surface area contributed by atoms with Crippen LogP contribution in [0.2, 0.25) is 5.02 Å². The van der Waals surface area contributed by atoms with Crippen molar-refractivity contribution in [3.8, 4) is 0 Å². The first-order valence-corrected chi connectivity index (χ1v) is 17.7. The Hall–Kier alpha value is -5.66. The topological polar surface area (TPSA) is 87.1 Å². The van der Waals surface area contributed by atoms with Crippen LogP contribution in [0.3, 0.4) is 0 Å². The van der Waals surface area contributed by atoms with E-state index in [1.54, 1.807) is 30.5 Å². The molecule has 0 N–H and O–H groups in total. The number of hydrazone groups is 1. The molecular weight excluding hydrogens is 658 g/mol. The van der Waals surface area contributed by atoms with Gasteiger partial charge in [-0.1, -0.05) is 121 Å². The molecule has 8 heteroatoms. The van der Waals surface area contributed by atoms with E-state index in [0.29, 0.717) is 10.7 Å². The first-order valence-electron chi connectivity index (χ1n) is 17.3. The zero-order valence-electron chi connectivity index (χ0n) is 27.0. The van der Waals surface area contributed by atoms with E-state index in [9.17, 15) is 19.2 Å². The van der Waals surface area contributed by atoms with E-state index < -0.39 is 29.1 Å². The predicted octanol–water partition coefficient (Wildman–Crippen LogP) is 6.77. The van der Waals surface area contributed by atoms with Crippen LogP contribution in [0.5, 0.6) is 0 Å². The molecule has 2 saturated heterocycles. The second-order valence-electron chi connectivity index (χ2n) is 14.5. The average molecular weight is 686 g/mol. The van der Waals surface area contributed by atoms with Gasteiger partial charge in [-0.3, -0.25) is 19.2 Å². The van der Waals surface area contributed by atoms with E-state index in [-0.39, 0.29) is 41.4 Å². The lowest BCUT2D eigenvalue weighted by molar-refractivity contribution is -0.140. The van der Waals surface area contributed by atoms with Gasteiger partial charge in [0.25, 0.3) is 11.8 Å². The van der Waals surface area contributed by atoms with Gasteiger partial charge in [0.1, 0.15) is 0 Å². The summed E-state index contributed by atoms with van der Waals surface area (Å²) in [5, 5.41) is 6.22. The molecule has 0 radical (unpaired) electrons. The molecule has 4 amide bonds. The Morgan fingerprint density at radius 1 is 0.510 bits per heavy atom. The van der Waals surface area contributed by atoms with Crippen molar-refractivity contribution in [2.45, 2.75) is 23.2 Å². The number of carbonyl (C=O) groups excluding carboxylic acids is 4. The molecule has 7 nitrogen and oxygen atoms in total. The Labute approximate surface area is 298 Å². The quantitative estimate of drug-likeness (QED) is 0.155. The van der Waals surface area contributed by atoms with Crippen LogP contribution in [-0.4, -0.2) is 34.9 Å². The third-order valence-corrected chi connectivity index (χ3v) is 12.9. The summed E-state index contributed by atoms with van der Waals surface area (Å²) in [5.74, 6) is -5.09. The van der Waals surface area contributed by atoms with E-state index in [1.165, 1.54) is 4.90 Å². The number of rotatable bonds is 3. The van der Waals surface area contributed by atoms with Crippen LogP contribution in [-0.2, 0) is 24.6 Å². The summed E-state index contributed by atoms with van der Waals surface area (Å²) >= 11 is 6.61. The van der Waals surface area contributed by atoms with Gasteiger partial charge in [0.05, 0.1) is 39.8 Å². The molecule has 2 heterocycles. The lowest BCUT2D eigenvalue weighted by Gasteiger charge is -2.52. The second-order valence-corrected chi connectivity index (χ2v) is 14.9. The van der Waals surface area contributed by atoms with E-state index >= 15 is 0 Å². The summed E-state index contributed by atoms with van der Waals surface area (Å²) in [6.45, 7) is 0. The predicted molar refractivity (Wildman–Crippen MR) is 190 cm³/mol. The molecule has 8 aliphatic rings. The summed E-state index contributed by atoms with van der Waals surface area (Å²) in [4.78, 5) is 59.8. The number of anilines is 1. The summed E-state index contributed by atoms with van der Waals surface area (Å²) < 4.78 is 0. The second kappa shape index (κ2) is 9.98. The highest BCUT2D eigenvalue weighted by Gasteiger charge is 2.69. The van der Waals surface area contributed by atoms with Crippen molar-refractivity contribution in [3.63, 3.8) is 0 Å². The van der Waals surface area contributed by atoms with Gasteiger partial charge in [-0.25, -0.2) is 4.90 Å². The zero-order chi connectivity index (χ0) is 34.3. The minimum Gasteiger partial charge on any atom is -0.274 e. The smallest absolute Gasteiger partial charge is 0.254 e. The number of hydrogen-bond acceptors (Lipinski definition) is 5. The Kier molecular flexibility index (Phi) is 5.70. The van der Waals surface area contributed by atoms with E-state index in [2.05, 4.69) is 24.3 Å². The highest BCUT2D eigenvalue weighted by Crippen LogP contribution is 2.65. The summed E-state index contributed by atoms with van der Waals surface area (Å²) in [7, 11) is 0. The Bertz CT molecular complexity index is 2310. The van der Waals surface area contributed by atoms with Crippen molar-refractivity contribution in [3.05, 3.63) is 171 Å². The normalized spacial score (nSPS) is 30.3. The van der Waals surface area contributed by atoms with Crippen molar-refractivity contribution in [2.24, 2.45) is 28.8 Å². The molecule has 0 spiro atoms. The van der Waals surface area contributed by atoms with Crippen molar-refractivity contribution in [1.29, 1.82) is 0 Å². The molecular formula is C43H28ClN3O4. The summed E-state index contributed by atoms with van der Waals surface area (Å²) in [5.41, 5.74) is 6.98. The fraction of sp³-hybridized carbons (Fsp3) is 0.186. The molecule has 246 valence electrons. The average Bonchev–Trinajstić information content (AvgIpc) is 3.59. The number of nitrogens with zero attached hydrogens (tertiary/aromatic N) is 3. The third kappa shape index (κ3) is 3.38. The third-order valence-electron chi connectivity index (χ3n) is 12.6. The maximum atomic E-state index is 14.8. The molecule has 13 rings (SSSR count). The van der Waals surface area contributed by atoms with Gasteiger partial charge in [0.2, 0.25) is 11.8 Å². The molecule has 2 aliphatic heterocycles. The maximum absolute atomic E-state index is 14.8. The molecule has 6 aliphatic carbocycles. The van der Waals surface area contributed by atoms with Crippen LogP contribution in [0, 0.1) is 23.7 Å². The van der Waals surface area contributed by atoms with Crippen LogP contribution in [0.4, 0.5) is 5.69 Å². The molecule has 0 aromatic heterocycles. The number of halogens is 1.